The SMILES string of the molecule is Cc1ccc(NC(N)=N[N+](=O)[O-])cc1NC(=O)C1CCCCC1. The first-order valence-corrected chi connectivity index (χ1v) is 7.62. The maximum atomic E-state index is 12.3. The fourth-order valence-corrected chi connectivity index (χ4v) is 2.69. The number of nitrogens with zero attached hydrogens (tertiary/aromatic N) is 2. The largest absolute Gasteiger partial charge is 0.364 e. The number of anilines is 2. The van der Waals surface area contributed by atoms with E-state index in [1.54, 1.807) is 18.2 Å². The lowest BCUT2D eigenvalue weighted by atomic mass is 9.88. The molecule has 1 amide bonds. The first-order valence-electron chi connectivity index (χ1n) is 7.62. The maximum Gasteiger partial charge on any atom is 0.270 e. The Morgan fingerprint density at radius 2 is 2.00 bits per heavy atom. The van der Waals surface area contributed by atoms with Crippen LogP contribution < -0.4 is 16.4 Å². The van der Waals surface area contributed by atoms with Gasteiger partial charge in [0.25, 0.3) is 5.96 Å². The van der Waals surface area contributed by atoms with Crippen molar-refractivity contribution in [2.24, 2.45) is 16.8 Å². The number of hydrogen-bond acceptors (Lipinski definition) is 3. The summed E-state index contributed by atoms with van der Waals surface area (Å²) in [5, 5.41) is 18.0. The smallest absolute Gasteiger partial charge is 0.270 e. The van der Waals surface area contributed by atoms with Gasteiger partial charge in [-0.25, -0.2) is 10.1 Å². The second kappa shape index (κ2) is 7.57. The van der Waals surface area contributed by atoms with E-state index < -0.39 is 5.03 Å². The third-order valence-electron chi connectivity index (χ3n) is 3.93. The zero-order valence-corrected chi connectivity index (χ0v) is 13.0. The first kappa shape index (κ1) is 16.7. The van der Waals surface area contributed by atoms with Gasteiger partial charge in [0, 0.05) is 17.3 Å². The lowest BCUT2D eigenvalue weighted by molar-refractivity contribution is -0.485. The van der Waals surface area contributed by atoms with Gasteiger partial charge < -0.3 is 16.4 Å². The van der Waals surface area contributed by atoms with Gasteiger partial charge in [-0.05, 0) is 37.5 Å². The van der Waals surface area contributed by atoms with Crippen LogP contribution in [0.4, 0.5) is 11.4 Å². The summed E-state index contributed by atoms with van der Waals surface area (Å²) in [4.78, 5) is 22.6. The molecule has 1 aliphatic carbocycles. The van der Waals surface area contributed by atoms with E-state index in [1.807, 2.05) is 6.92 Å². The average molecular weight is 319 g/mol. The van der Waals surface area contributed by atoms with Gasteiger partial charge in [0.1, 0.15) is 5.10 Å². The molecule has 1 saturated carbocycles. The quantitative estimate of drug-likeness (QED) is 0.340. The summed E-state index contributed by atoms with van der Waals surface area (Å²) >= 11 is 0. The van der Waals surface area contributed by atoms with Gasteiger partial charge in [0.15, 0.2) is 5.03 Å². The van der Waals surface area contributed by atoms with Crippen LogP contribution in [-0.2, 0) is 4.79 Å². The summed E-state index contributed by atoms with van der Waals surface area (Å²) in [5.74, 6) is -0.235. The molecule has 4 N–H and O–H groups in total. The van der Waals surface area contributed by atoms with Crippen molar-refractivity contribution in [1.29, 1.82) is 0 Å². The molecule has 2 rings (SSSR count). The third kappa shape index (κ3) is 4.94. The average Bonchev–Trinajstić information content (AvgIpc) is 2.50. The van der Waals surface area contributed by atoms with Crippen molar-refractivity contribution in [2.45, 2.75) is 39.0 Å². The molecule has 0 unspecified atom stereocenters. The van der Waals surface area contributed by atoms with Gasteiger partial charge in [-0.2, -0.15) is 0 Å². The van der Waals surface area contributed by atoms with E-state index in [4.69, 9.17) is 5.73 Å². The van der Waals surface area contributed by atoms with Crippen molar-refractivity contribution < 1.29 is 9.83 Å². The second-order valence-electron chi connectivity index (χ2n) is 5.70. The molecule has 1 aromatic carbocycles. The maximum absolute atomic E-state index is 12.3. The van der Waals surface area contributed by atoms with Gasteiger partial charge >= 0.3 is 0 Å². The van der Waals surface area contributed by atoms with Gasteiger partial charge in [-0.3, -0.25) is 4.79 Å². The molecule has 8 heteroatoms. The third-order valence-corrected chi connectivity index (χ3v) is 3.93. The van der Waals surface area contributed by atoms with Crippen molar-refractivity contribution in [2.75, 3.05) is 10.6 Å². The summed E-state index contributed by atoms with van der Waals surface area (Å²) in [6, 6.07) is 5.21. The Labute approximate surface area is 134 Å². The lowest BCUT2D eigenvalue weighted by Crippen LogP contribution is -2.26. The minimum Gasteiger partial charge on any atom is -0.364 e. The fraction of sp³-hybridized carbons (Fsp3) is 0.467. The van der Waals surface area contributed by atoms with E-state index in [0.717, 1.165) is 31.2 Å². The summed E-state index contributed by atoms with van der Waals surface area (Å²) in [6.45, 7) is 1.88. The van der Waals surface area contributed by atoms with Crippen molar-refractivity contribution in [3.05, 3.63) is 33.9 Å². The van der Waals surface area contributed by atoms with Crippen LogP contribution >= 0.6 is 0 Å². The second-order valence-corrected chi connectivity index (χ2v) is 5.70. The standard InChI is InChI=1S/C15H21N5O3/c1-10-7-8-12(17-15(16)19-20(22)23)9-13(10)18-14(21)11-5-3-2-4-6-11/h7-9,11H,2-6H2,1H3,(H,18,21)(H3,16,17,19). The Morgan fingerprint density at radius 3 is 2.65 bits per heavy atom. The molecule has 1 aliphatic rings. The first-order chi connectivity index (χ1) is 11.0. The number of nitro groups is 1. The highest BCUT2D eigenvalue weighted by Gasteiger charge is 2.21. The molecule has 0 spiro atoms. The van der Waals surface area contributed by atoms with Gasteiger partial charge in [0.2, 0.25) is 5.91 Å². The number of rotatable bonds is 4. The Morgan fingerprint density at radius 1 is 1.30 bits per heavy atom. The Kier molecular flexibility index (Phi) is 5.51. The van der Waals surface area contributed by atoms with Crippen molar-refractivity contribution in [3.63, 3.8) is 0 Å². The van der Waals surface area contributed by atoms with Crippen LogP contribution in [0.15, 0.2) is 23.3 Å². The van der Waals surface area contributed by atoms with Crippen LogP contribution in [-0.4, -0.2) is 16.9 Å². The summed E-state index contributed by atoms with van der Waals surface area (Å²) in [7, 11) is 0. The van der Waals surface area contributed by atoms with E-state index in [9.17, 15) is 14.9 Å². The summed E-state index contributed by atoms with van der Waals surface area (Å²) in [5.41, 5.74) is 7.52. The van der Waals surface area contributed by atoms with Crippen LogP contribution in [0.3, 0.4) is 0 Å². The van der Waals surface area contributed by atoms with Crippen molar-refractivity contribution in [3.8, 4) is 0 Å². The molecule has 1 fully saturated rings. The minimum absolute atomic E-state index is 0.0249. The fourth-order valence-electron chi connectivity index (χ4n) is 2.69. The van der Waals surface area contributed by atoms with Gasteiger partial charge in [-0.15, -0.1) is 0 Å². The zero-order chi connectivity index (χ0) is 16.8. The number of hydrogen-bond donors (Lipinski definition) is 3. The molecule has 0 aliphatic heterocycles. The normalized spacial score (nSPS) is 16.0. The predicted molar refractivity (Wildman–Crippen MR) is 88.6 cm³/mol. The topological polar surface area (TPSA) is 123 Å². The molecule has 0 saturated heterocycles. The number of nitrogens with one attached hydrogen (secondary N) is 2. The monoisotopic (exact) mass is 319 g/mol. The molecular formula is C15H21N5O3. The number of guanidine groups is 1. The Balaban J connectivity index is 2.07. The van der Waals surface area contributed by atoms with Crippen LogP contribution in [0, 0.1) is 23.0 Å². The molecule has 0 radical (unpaired) electrons. The Bertz CT molecular complexity index is 624. The molecule has 23 heavy (non-hydrogen) atoms. The number of amides is 1. The molecule has 8 nitrogen and oxygen atoms in total. The number of carbonyl (C=O) groups is 1. The highest BCUT2D eigenvalue weighted by atomic mass is 16.7. The lowest BCUT2D eigenvalue weighted by Gasteiger charge is -2.21. The highest BCUT2D eigenvalue weighted by Crippen LogP contribution is 2.26. The molecule has 0 bridgehead atoms. The van der Waals surface area contributed by atoms with E-state index in [1.165, 1.54) is 6.42 Å². The van der Waals surface area contributed by atoms with Gasteiger partial charge in [0.05, 0.1) is 0 Å². The van der Waals surface area contributed by atoms with E-state index in [0.29, 0.717) is 11.4 Å². The van der Waals surface area contributed by atoms with Crippen LogP contribution in [0.2, 0.25) is 0 Å². The van der Waals surface area contributed by atoms with E-state index in [2.05, 4.69) is 15.7 Å². The molecule has 124 valence electrons. The zero-order valence-electron chi connectivity index (χ0n) is 13.0. The van der Waals surface area contributed by atoms with E-state index >= 15 is 0 Å². The van der Waals surface area contributed by atoms with Crippen molar-refractivity contribution >= 4 is 23.2 Å². The number of benzene rings is 1. The molecular weight excluding hydrogens is 298 g/mol. The van der Waals surface area contributed by atoms with Crippen LogP contribution in [0.1, 0.15) is 37.7 Å². The molecule has 1 aromatic rings. The van der Waals surface area contributed by atoms with Gasteiger partial charge in [-0.1, -0.05) is 25.3 Å². The number of nitrogens with two attached hydrogens (primary N) is 1. The van der Waals surface area contributed by atoms with E-state index in [-0.39, 0.29) is 17.8 Å². The number of carbonyl (C=O) groups excluding carboxylic acids is 1. The minimum atomic E-state index is -0.873. The predicted octanol–water partition coefficient (Wildman–Crippen LogP) is 2.43. The molecule has 0 aromatic heterocycles. The Hall–Kier alpha value is -2.64. The van der Waals surface area contributed by atoms with Crippen LogP contribution in [0.5, 0.6) is 0 Å². The number of hydrazone groups is 1. The van der Waals surface area contributed by atoms with Crippen LogP contribution in [0.25, 0.3) is 0 Å². The molecule has 0 atom stereocenters. The highest BCUT2D eigenvalue weighted by molar-refractivity contribution is 5.96. The van der Waals surface area contributed by atoms with Crippen molar-refractivity contribution in [1.82, 2.24) is 0 Å². The summed E-state index contributed by atoms with van der Waals surface area (Å²) < 4.78 is 0. The summed E-state index contributed by atoms with van der Waals surface area (Å²) in [6.07, 6.45) is 5.22. The number of aryl methyl sites for hydroxylation is 1. The molecule has 0 heterocycles.